The molecule has 0 fully saturated rings. The molecule has 7 nitrogen and oxygen atoms in total. The van der Waals surface area contributed by atoms with Crippen LogP contribution < -0.4 is 10.9 Å². The summed E-state index contributed by atoms with van der Waals surface area (Å²) in [5.74, 6) is 0.245. The fraction of sp³-hybridized carbons (Fsp3) is 0.111. The largest absolute Gasteiger partial charge is 0.341 e. The average Bonchev–Trinajstić information content (AvgIpc) is 3.06. The maximum absolute atomic E-state index is 12.5. The van der Waals surface area contributed by atoms with Crippen LogP contribution in [-0.4, -0.2) is 25.5 Å². The molecule has 0 unspecified atom stereocenters. The molecule has 2 N–H and O–H groups in total. The van der Waals surface area contributed by atoms with Gasteiger partial charge in [0.05, 0.1) is 6.04 Å². The first kappa shape index (κ1) is 15.1. The molecule has 0 saturated carbocycles. The van der Waals surface area contributed by atoms with Crippen LogP contribution in [0.2, 0.25) is 0 Å². The van der Waals surface area contributed by atoms with E-state index in [4.69, 9.17) is 0 Å². The van der Waals surface area contributed by atoms with E-state index in [1.807, 2.05) is 41.8 Å². The second-order valence-corrected chi connectivity index (χ2v) is 5.78. The van der Waals surface area contributed by atoms with Gasteiger partial charge in [-0.15, -0.1) is 10.2 Å². The number of aromatic amines is 1. The van der Waals surface area contributed by atoms with Gasteiger partial charge in [-0.3, -0.25) is 14.0 Å². The highest BCUT2D eigenvalue weighted by Crippen LogP contribution is 2.14. The van der Waals surface area contributed by atoms with Crippen molar-refractivity contribution in [3.63, 3.8) is 0 Å². The number of carbonyl (C=O) groups excluding carboxylic acids is 1. The third-order valence-corrected chi connectivity index (χ3v) is 4.07. The Morgan fingerprint density at radius 1 is 1.16 bits per heavy atom. The summed E-state index contributed by atoms with van der Waals surface area (Å²) in [4.78, 5) is 27.3. The number of hydrogen-bond donors (Lipinski definition) is 2. The SMILES string of the molecule is C[C@@H](NC(=O)c1cc2ccccc2c(=O)[nH]1)c1nnc2ccccn12. The molecule has 3 heterocycles. The van der Waals surface area contributed by atoms with Crippen LogP contribution in [0.25, 0.3) is 16.4 Å². The lowest BCUT2D eigenvalue weighted by Crippen LogP contribution is -2.30. The van der Waals surface area contributed by atoms with Crippen LogP contribution in [-0.2, 0) is 0 Å². The van der Waals surface area contributed by atoms with Gasteiger partial charge in [0.1, 0.15) is 5.69 Å². The fourth-order valence-electron chi connectivity index (χ4n) is 2.83. The van der Waals surface area contributed by atoms with Crippen LogP contribution in [0.4, 0.5) is 0 Å². The second-order valence-electron chi connectivity index (χ2n) is 5.78. The molecule has 0 saturated heterocycles. The van der Waals surface area contributed by atoms with E-state index < -0.39 is 0 Å². The van der Waals surface area contributed by atoms with Gasteiger partial charge in [-0.05, 0) is 36.6 Å². The second kappa shape index (κ2) is 5.86. The number of pyridine rings is 2. The summed E-state index contributed by atoms with van der Waals surface area (Å²) >= 11 is 0. The topological polar surface area (TPSA) is 92.1 Å². The number of fused-ring (bicyclic) bond motifs is 2. The van der Waals surface area contributed by atoms with Crippen LogP contribution >= 0.6 is 0 Å². The lowest BCUT2D eigenvalue weighted by molar-refractivity contribution is 0.0933. The zero-order valence-electron chi connectivity index (χ0n) is 13.4. The van der Waals surface area contributed by atoms with Crippen LogP contribution in [0, 0.1) is 0 Å². The lowest BCUT2D eigenvalue weighted by atomic mass is 10.1. The van der Waals surface area contributed by atoms with Crippen molar-refractivity contribution in [1.29, 1.82) is 0 Å². The van der Waals surface area contributed by atoms with E-state index in [1.165, 1.54) is 0 Å². The molecule has 0 spiro atoms. The monoisotopic (exact) mass is 333 g/mol. The first-order valence-corrected chi connectivity index (χ1v) is 7.86. The van der Waals surface area contributed by atoms with Crippen molar-refractivity contribution in [2.75, 3.05) is 0 Å². The quantitative estimate of drug-likeness (QED) is 0.600. The zero-order chi connectivity index (χ0) is 17.4. The molecule has 4 aromatic rings. The van der Waals surface area contributed by atoms with Crippen LogP contribution in [0.3, 0.4) is 0 Å². The predicted molar refractivity (Wildman–Crippen MR) is 93.4 cm³/mol. The zero-order valence-corrected chi connectivity index (χ0v) is 13.4. The molecule has 25 heavy (non-hydrogen) atoms. The summed E-state index contributed by atoms with van der Waals surface area (Å²) in [6.45, 7) is 1.82. The first-order chi connectivity index (χ1) is 12.1. The van der Waals surface area contributed by atoms with Gasteiger partial charge in [0, 0.05) is 11.6 Å². The third kappa shape index (κ3) is 2.65. The molecule has 4 rings (SSSR count). The maximum atomic E-state index is 12.5. The molecule has 0 bridgehead atoms. The Balaban J connectivity index is 1.64. The highest BCUT2D eigenvalue weighted by molar-refractivity contribution is 5.96. The number of hydrogen-bond acceptors (Lipinski definition) is 4. The highest BCUT2D eigenvalue weighted by atomic mass is 16.2. The smallest absolute Gasteiger partial charge is 0.268 e. The number of aromatic nitrogens is 4. The van der Waals surface area contributed by atoms with E-state index in [9.17, 15) is 9.59 Å². The molecule has 0 aliphatic carbocycles. The van der Waals surface area contributed by atoms with Gasteiger partial charge in [0.15, 0.2) is 11.5 Å². The first-order valence-electron chi connectivity index (χ1n) is 7.86. The van der Waals surface area contributed by atoms with Crippen molar-refractivity contribution in [2.24, 2.45) is 0 Å². The Bertz CT molecular complexity index is 1140. The van der Waals surface area contributed by atoms with Gasteiger partial charge in [-0.2, -0.15) is 0 Å². The van der Waals surface area contributed by atoms with Crippen molar-refractivity contribution >= 4 is 22.3 Å². The van der Waals surface area contributed by atoms with E-state index in [-0.39, 0.29) is 23.2 Å². The Hall–Kier alpha value is -3.48. The predicted octanol–water partition coefficient (Wildman–Crippen LogP) is 2.06. The van der Waals surface area contributed by atoms with Gasteiger partial charge >= 0.3 is 0 Å². The minimum Gasteiger partial charge on any atom is -0.341 e. The normalized spacial score (nSPS) is 12.4. The summed E-state index contributed by atoms with van der Waals surface area (Å²) < 4.78 is 1.81. The van der Waals surface area contributed by atoms with E-state index in [0.717, 1.165) is 5.39 Å². The number of amides is 1. The van der Waals surface area contributed by atoms with Crippen molar-refractivity contribution in [3.8, 4) is 0 Å². The van der Waals surface area contributed by atoms with Crippen LogP contribution in [0.1, 0.15) is 29.3 Å². The molecule has 0 radical (unpaired) electrons. The fourth-order valence-corrected chi connectivity index (χ4v) is 2.83. The summed E-state index contributed by atoms with van der Waals surface area (Å²) in [5.41, 5.74) is 0.630. The number of carbonyl (C=O) groups is 1. The molecule has 1 atom stereocenters. The van der Waals surface area contributed by atoms with Crippen LogP contribution in [0.15, 0.2) is 59.5 Å². The molecule has 7 heteroatoms. The molecular weight excluding hydrogens is 318 g/mol. The summed E-state index contributed by atoms with van der Waals surface area (Å²) in [7, 11) is 0. The van der Waals surface area contributed by atoms with Gasteiger partial charge in [0.2, 0.25) is 0 Å². The van der Waals surface area contributed by atoms with E-state index in [2.05, 4.69) is 20.5 Å². The molecular formula is C18H15N5O2. The van der Waals surface area contributed by atoms with E-state index in [1.54, 1.807) is 24.3 Å². The molecule has 0 aliphatic heterocycles. The van der Waals surface area contributed by atoms with Crippen LogP contribution in [0.5, 0.6) is 0 Å². The van der Waals surface area contributed by atoms with E-state index >= 15 is 0 Å². The van der Waals surface area contributed by atoms with E-state index in [0.29, 0.717) is 16.9 Å². The third-order valence-electron chi connectivity index (χ3n) is 4.07. The molecule has 1 aromatic carbocycles. The number of rotatable bonds is 3. The minimum absolute atomic E-state index is 0.212. The highest BCUT2D eigenvalue weighted by Gasteiger charge is 2.17. The minimum atomic E-state index is -0.375. The molecule has 0 aliphatic rings. The van der Waals surface area contributed by atoms with Gasteiger partial charge in [-0.25, -0.2) is 0 Å². The number of benzene rings is 1. The number of nitrogens with zero attached hydrogens (tertiary/aromatic N) is 3. The van der Waals surface area contributed by atoms with Gasteiger partial charge < -0.3 is 10.3 Å². The Morgan fingerprint density at radius 3 is 2.84 bits per heavy atom. The Kier molecular flexibility index (Phi) is 3.53. The van der Waals surface area contributed by atoms with Gasteiger partial charge in [-0.1, -0.05) is 24.3 Å². The standard InChI is InChI=1S/C18H15N5O2/c1-11(16-22-21-15-8-4-5-9-23(15)16)19-18(25)14-10-12-6-2-3-7-13(12)17(24)20-14/h2-11H,1H3,(H,19,25)(H,20,24)/t11-/m1/s1. The van der Waals surface area contributed by atoms with Crippen molar-refractivity contribution < 1.29 is 4.79 Å². The average molecular weight is 333 g/mol. The Morgan fingerprint density at radius 2 is 1.96 bits per heavy atom. The van der Waals surface area contributed by atoms with Crippen molar-refractivity contribution in [3.05, 3.63) is 76.6 Å². The Labute approximate surface area is 142 Å². The maximum Gasteiger partial charge on any atom is 0.268 e. The summed E-state index contributed by atoms with van der Waals surface area (Å²) in [6, 6.07) is 14.0. The number of H-pyrrole nitrogens is 1. The summed E-state index contributed by atoms with van der Waals surface area (Å²) in [5, 5.41) is 12.3. The number of nitrogens with one attached hydrogen (secondary N) is 2. The van der Waals surface area contributed by atoms with Crippen molar-refractivity contribution in [1.82, 2.24) is 24.9 Å². The van der Waals surface area contributed by atoms with Gasteiger partial charge in [0.25, 0.3) is 11.5 Å². The lowest BCUT2D eigenvalue weighted by Gasteiger charge is -2.12. The molecule has 3 aromatic heterocycles. The molecule has 124 valence electrons. The summed E-state index contributed by atoms with van der Waals surface area (Å²) in [6.07, 6.45) is 1.84. The molecule has 1 amide bonds. The van der Waals surface area contributed by atoms with Crippen molar-refractivity contribution in [2.45, 2.75) is 13.0 Å².